The van der Waals surface area contributed by atoms with Crippen molar-refractivity contribution in [2.75, 3.05) is 7.05 Å². The molecule has 0 aromatic heterocycles. The predicted octanol–water partition coefficient (Wildman–Crippen LogP) is 5.53. The van der Waals surface area contributed by atoms with Gasteiger partial charge in [-0.15, -0.1) is 0 Å². The van der Waals surface area contributed by atoms with Crippen molar-refractivity contribution in [2.24, 2.45) is 5.92 Å². The van der Waals surface area contributed by atoms with Gasteiger partial charge in [-0.25, -0.2) is 0 Å². The summed E-state index contributed by atoms with van der Waals surface area (Å²) in [5.74, 6) is 1.02. The van der Waals surface area contributed by atoms with Crippen molar-refractivity contribution in [1.29, 1.82) is 0 Å². The second-order valence-electron chi connectivity index (χ2n) is 7.90. The molecule has 1 heteroatoms. The summed E-state index contributed by atoms with van der Waals surface area (Å²) in [4.78, 5) is 2.93. The molecule has 0 aromatic carbocycles. The Kier molecular flexibility index (Phi) is 5.07. The molecule has 0 unspecified atom stereocenters. The van der Waals surface area contributed by atoms with Crippen LogP contribution < -0.4 is 0 Å². The van der Waals surface area contributed by atoms with Gasteiger partial charge in [0.05, 0.1) is 0 Å². The van der Waals surface area contributed by atoms with E-state index in [1.165, 1.54) is 96.3 Å². The molecule has 0 aliphatic heterocycles. The summed E-state index contributed by atoms with van der Waals surface area (Å²) in [5, 5.41) is 0. The maximum absolute atomic E-state index is 2.93. The maximum Gasteiger partial charge on any atom is 0.0237 e. The molecule has 1 nitrogen and oxygen atoms in total. The standard InChI is InChI=1S/C19H35N/c1-20(18-13-7-3-8-14-18)19(15-9-4-10-16-19)17-11-5-2-6-12-17/h17-18H,2-16H2,1H3. The average Bonchev–Trinajstić information content (AvgIpc) is 2.56. The van der Waals surface area contributed by atoms with E-state index in [4.69, 9.17) is 0 Å². The predicted molar refractivity (Wildman–Crippen MR) is 87.0 cm³/mol. The Hall–Kier alpha value is -0.0400. The summed E-state index contributed by atoms with van der Waals surface area (Å²) in [6.45, 7) is 0. The van der Waals surface area contributed by atoms with Crippen molar-refractivity contribution in [2.45, 2.75) is 108 Å². The Morgan fingerprint density at radius 1 is 0.650 bits per heavy atom. The largest absolute Gasteiger partial charge is 0.297 e. The highest BCUT2D eigenvalue weighted by atomic mass is 15.2. The first-order valence-electron chi connectivity index (χ1n) is 9.56. The fourth-order valence-corrected chi connectivity index (χ4v) is 5.68. The highest BCUT2D eigenvalue weighted by Crippen LogP contribution is 2.46. The van der Waals surface area contributed by atoms with Gasteiger partial charge in [-0.05, 0) is 51.5 Å². The molecule has 0 saturated heterocycles. The van der Waals surface area contributed by atoms with Crippen LogP contribution in [0.25, 0.3) is 0 Å². The molecule has 0 atom stereocenters. The average molecular weight is 277 g/mol. The van der Waals surface area contributed by atoms with Crippen molar-refractivity contribution in [3.8, 4) is 0 Å². The van der Waals surface area contributed by atoms with E-state index in [1.807, 2.05) is 0 Å². The lowest BCUT2D eigenvalue weighted by molar-refractivity contribution is -0.0335. The smallest absolute Gasteiger partial charge is 0.0237 e. The maximum atomic E-state index is 2.93. The van der Waals surface area contributed by atoms with Crippen LogP contribution >= 0.6 is 0 Å². The number of rotatable bonds is 3. The van der Waals surface area contributed by atoms with Gasteiger partial charge in [0.15, 0.2) is 0 Å². The normalized spacial score (nSPS) is 29.7. The van der Waals surface area contributed by atoms with Crippen LogP contribution in [-0.4, -0.2) is 23.5 Å². The Morgan fingerprint density at radius 2 is 1.15 bits per heavy atom. The topological polar surface area (TPSA) is 3.24 Å². The van der Waals surface area contributed by atoms with Crippen LogP contribution in [-0.2, 0) is 0 Å². The first-order chi connectivity index (χ1) is 9.83. The van der Waals surface area contributed by atoms with Gasteiger partial charge in [-0.2, -0.15) is 0 Å². The molecule has 20 heavy (non-hydrogen) atoms. The van der Waals surface area contributed by atoms with Crippen LogP contribution in [0.4, 0.5) is 0 Å². The van der Waals surface area contributed by atoms with Crippen LogP contribution in [0.1, 0.15) is 96.3 Å². The molecule has 116 valence electrons. The molecular formula is C19H35N. The van der Waals surface area contributed by atoms with Crippen LogP contribution in [0, 0.1) is 5.92 Å². The summed E-state index contributed by atoms with van der Waals surface area (Å²) >= 11 is 0. The Balaban J connectivity index is 1.76. The molecule has 0 aromatic rings. The summed E-state index contributed by atoms with van der Waals surface area (Å²) in [6.07, 6.45) is 22.5. The van der Waals surface area contributed by atoms with Crippen molar-refractivity contribution in [3.05, 3.63) is 0 Å². The third-order valence-corrected chi connectivity index (χ3v) is 6.91. The van der Waals surface area contributed by atoms with Gasteiger partial charge >= 0.3 is 0 Å². The van der Waals surface area contributed by atoms with Crippen LogP contribution in [0.3, 0.4) is 0 Å². The molecule has 0 N–H and O–H groups in total. The van der Waals surface area contributed by atoms with Crippen molar-refractivity contribution < 1.29 is 0 Å². The van der Waals surface area contributed by atoms with Gasteiger partial charge in [0.1, 0.15) is 0 Å². The summed E-state index contributed by atoms with van der Waals surface area (Å²) < 4.78 is 0. The molecule has 0 spiro atoms. The summed E-state index contributed by atoms with van der Waals surface area (Å²) in [7, 11) is 2.51. The van der Waals surface area contributed by atoms with Gasteiger partial charge in [-0.1, -0.05) is 57.8 Å². The van der Waals surface area contributed by atoms with Crippen molar-refractivity contribution in [3.63, 3.8) is 0 Å². The molecule has 0 amide bonds. The Morgan fingerprint density at radius 3 is 1.75 bits per heavy atom. The molecule has 3 fully saturated rings. The molecular weight excluding hydrogens is 242 g/mol. The van der Waals surface area contributed by atoms with Crippen LogP contribution in [0.2, 0.25) is 0 Å². The third-order valence-electron chi connectivity index (χ3n) is 6.91. The molecule has 0 heterocycles. The van der Waals surface area contributed by atoms with Gasteiger partial charge < -0.3 is 0 Å². The second-order valence-corrected chi connectivity index (χ2v) is 7.90. The zero-order valence-electron chi connectivity index (χ0n) is 13.7. The summed E-state index contributed by atoms with van der Waals surface area (Å²) in [5.41, 5.74) is 0.598. The summed E-state index contributed by atoms with van der Waals surface area (Å²) in [6, 6.07) is 0.906. The molecule has 3 aliphatic carbocycles. The SMILES string of the molecule is CN(C1CCCCC1)C1(C2CCCCC2)CCCCC1. The monoisotopic (exact) mass is 277 g/mol. The minimum absolute atomic E-state index is 0.598. The first-order valence-corrected chi connectivity index (χ1v) is 9.56. The molecule has 3 rings (SSSR count). The lowest BCUT2D eigenvalue weighted by Gasteiger charge is -2.54. The molecule has 3 saturated carbocycles. The lowest BCUT2D eigenvalue weighted by Crippen LogP contribution is -2.57. The third kappa shape index (κ3) is 2.93. The highest BCUT2D eigenvalue weighted by molar-refractivity contribution is 5.00. The van der Waals surface area contributed by atoms with Gasteiger partial charge in [0.25, 0.3) is 0 Å². The van der Waals surface area contributed by atoms with Gasteiger partial charge in [0.2, 0.25) is 0 Å². The Bertz CT molecular complexity index is 280. The van der Waals surface area contributed by atoms with Crippen molar-refractivity contribution in [1.82, 2.24) is 4.90 Å². The minimum Gasteiger partial charge on any atom is -0.297 e. The number of nitrogens with zero attached hydrogens (tertiary/aromatic N) is 1. The fraction of sp³-hybridized carbons (Fsp3) is 1.00. The zero-order chi connectivity index (χ0) is 13.8. The van der Waals surface area contributed by atoms with E-state index < -0.39 is 0 Å². The van der Waals surface area contributed by atoms with E-state index in [-0.39, 0.29) is 0 Å². The van der Waals surface area contributed by atoms with E-state index in [9.17, 15) is 0 Å². The van der Waals surface area contributed by atoms with E-state index in [1.54, 1.807) is 0 Å². The molecule has 0 bridgehead atoms. The van der Waals surface area contributed by atoms with E-state index in [2.05, 4.69) is 11.9 Å². The number of hydrogen-bond acceptors (Lipinski definition) is 1. The molecule has 3 aliphatic rings. The van der Waals surface area contributed by atoms with Crippen molar-refractivity contribution >= 4 is 0 Å². The first kappa shape index (κ1) is 14.9. The minimum atomic E-state index is 0.598. The lowest BCUT2D eigenvalue weighted by atomic mass is 9.66. The fourth-order valence-electron chi connectivity index (χ4n) is 5.68. The van der Waals surface area contributed by atoms with Crippen LogP contribution in [0.5, 0.6) is 0 Å². The van der Waals surface area contributed by atoms with E-state index in [0.29, 0.717) is 5.54 Å². The van der Waals surface area contributed by atoms with E-state index >= 15 is 0 Å². The number of hydrogen-bond donors (Lipinski definition) is 0. The van der Waals surface area contributed by atoms with Crippen LogP contribution in [0.15, 0.2) is 0 Å². The second kappa shape index (κ2) is 6.81. The molecule has 0 radical (unpaired) electrons. The van der Waals surface area contributed by atoms with Gasteiger partial charge in [0, 0.05) is 11.6 Å². The highest BCUT2D eigenvalue weighted by Gasteiger charge is 2.45. The van der Waals surface area contributed by atoms with Gasteiger partial charge in [-0.3, -0.25) is 4.90 Å². The zero-order valence-corrected chi connectivity index (χ0v) is 13.7. The Labute approximate surface area is 126 Å². The van der Waals surface area contributed by atoms with E-state index in [0.717, 1.165) is 12.0 Å². The quantitative estimate of drug-likeness (QED) is 0.655.